The van der Waals surface area contributed by atoms with Crippen molar-refractivity contribution >= 4 is 35.1 Å². The minimum Gasteiger partial charge on any atom is -0.478 e. The molecule has 0 bridgehead atoms. The third-order valence-electron chi connectivity index (χ3n) is 2.20. The van der Waals surface area contributed by atoms with Crippen LogP contribution in [0, 0.1) is 0 Å². The lowest BCUT2D eigenvalue weighted by molar-refractivity contribution is -0.132. The molecule has 0 unspecified atom stereocenters. The maximum atomic E-state index is 11.5. The molecule has 0 spiro atoms. The molecule has 1 aromatic rings. The van der Waals surface area contributed by atoms with E-state index in [1.54, 1.807) is 12.1 Å². The zero-order chi connectivity index (χ0) is 16.5. The summed E-state index contributed by atoms with van der Waals surface area (Å²) in [6.45, 7) is 0. The van der Waals surface area contributed by atoms with Crippen LogP contribution in [0.1, 0.15) is 0 Å². The van der Waals surface area contributed by atoms with Gasteiger partial charge in [0.25, 0.3) is 0 Å². The number of amides is 2. The van der Waals surface area contributed by atoms with Gasteiger partial charge < -0.3 is 20.8 Å². The van der Waals surface area contributed by atoms with Crippen molar-refractivity contribution in [1.29, 1.82) is 0 Å². The molecule has 0 fully saturated rings. The molecule has 114 valence electrons. The number of carboxylic acid groups (broad SMARTS) is 2. The van der Waals surface area contributed by atoms with Crippen LogP contribution in [0.15, 0.2) is 48.6 Å². The van der Waals surface area contributed by atoms with Gasteiger partial charge in [0.15, 0.2) is 0 Å². The summed E-state index contributed by atoms with van der Waals surface area (Å²) in [7, 11) is 0. The number of carbonyl (C=O) groups is 4. The van der Waals surface area contributed by atoms with Crippen LogP contribution < -0.4 is 10.6 Å². The van der Waals surface area contributed by atoms with E-state index in [0.717, 1.165) is 12.2 Å². The second-order valence-corrected chi connectivity index (χ2v) is 3.87. The van der Waals surface area contributed by atoms with Gasteiger partial charge in [0.1, 0.15) is 0 Å². The van der Waals surface area contributed by atoms with Crippen molar-refractivity contribution in [3.05, 3.63) is 48.6 Å². The highest BCUT2D eigenvalue weighted by Crippen LogP contribution is 2.20. The highest BCUT2D eigenvalue weighted by Gasteiger charge is 2.07. The molecule has 0 heterocycles. The average molecular weight is 304 g/mol. The fraction of sp³-hybridized carbons (Fsp3) is 0. The van der Waals surface area contributed by atoms with E-state index in [-0.39, 0.29) is 11.4 Å². The molecular weight excluding hydrogens is 292 g/mol. The minimum atomic E-state index is -1.27. The summed E-state index contributed by atoms with van der Waals surface area (Å²) in [5, 5.41) is 21.6. The first-order valence-corrected chi connectivity index (χ1v) is 5.91. The third kappa shape index (κ3) is 6.15. The van der Waals surface area contributed by atoms with Crippen LogP contribution in [-0.4, -0.2) is 34.0 Å². The summed E-state index contributed by atoms with van der Waals surface area (Å²) in [6.07, 6.45) is 2.99. The van der Waals surface area contributed by atoms with Crippen molar-refractivity contribution in [2.45, 2.75) is 0 Å². The lowest BCUT2D eigenvalue weighted by Crippen LogP contribution is -2.14. The van der Waals surface area contributed by atoms with Crippen LogP contribution in [-0.2, 0) is 19.2 Å². The standard InChI is InChI=1S/C14H12N2O6/c17-11(5-7-13(19)20)15-9-3-1-2-4-10(9)16-12(18)6-8-14(21)22/h1-8H,(H,15,17)(H,16,18)(H,19,20)(H,21,22)/b7-5+,8-6+. The summed E-state index contributed by atoms with van der Waals surface area (Å²) >= 11 is 0. The normalized spacial score (nSPS) is 10.5. The van der Waals surface area contributed by atoms with Gasteiger partial charge in [-0.15, -0.1) is 0 Å². The molecule has 0 atom stereocenters. The quantitative estimate of drug-likeness (QED) is 0.576. The Morgan fingerprint density at radius 3 is 1.41 bits per heavy atom. The Labute approximate surface area is 124 Å². The zero-order valence-electron chi connectivity index (χ0n) is 11.1. The molecule has 0 saturated carbocycles. The number of hydrogen-bond donors (Lipinski definition) is 4. The van der Waals surface area contributed by atoms with Crippen LogP contribution in [0.3, 0.4) is 0 Å². The van der Waals surface area contributed by atoms with Crippen LogP contribution in [0.25, 0.3) is 0 Å². The van der Waals surface area contributed by atoms with Crippen molar-refractivity contribution < 1.29 is 29.4 Å². The lowest BCUT2D eigenvalue weighted by atomic mass is 10.2. The monoisotopic (exact) mass is 304 g/mol. The third-order valence-corrected chi connectivity index (χ3v) is 2.20. The van der Waals surface area contributed by atoms with E-state index in [1.165, 1.54) is 12.1 Å². The molecule has 8 heteroatoms. The SMILES string of the molecule is O=C(O)/C=C/C(=O)Nc1ccccc1NC(=O)/C=C/C(=O)O. The van der Waals surface area contributed by atoms with Gasteiger partial charge in [-0.3, -0.25) is 9.59 Å². The number of benzene rings is 1. The molecule has 0 aliphatic heterocycles. The van der Waals surface area contributed by atoms with Crippen LogP contribution in [0.5, 0.6) is 0 Å². The van der Waals surface area contributed by atoms with Crippen molar-refractivity contribution in [3.8, 4) is 0 Å². The van der Waals surface area contributed by atoms with Crippen molar-refractivity contribution in [2.75, 3.05) is 10.6 Å². The van der Waals surface area contributed by atoms with E-state index >= 15 is 0 Å². The Kier molecular flexibility index (Phi) is 6.05. The molecule has 1 aromatic carbocycles. The highest BCUT2D eigenvalue weighted by atomic mass is 16.4. The number of rotatable bonds is 6. The Bertz CT molecular complexity index is 606. The fourth-order valence-corrected chi connectivity index (χ4v) is 1.34. The van der Waals surface area contributed by atoms with E-state index in [4.69, 9.17) is 10.2 Å². The molecule has 0 aromatic heterocycles. The molecule has 4 N–H and O–H groups in total. The van der Waals surface area contributed by atoms with E-state index in [9.17, 15) is 19.2 Å². The van der Waals surface area contributed by atoms with Crippen LogP contribution in [0.4, 0.5) is 11.4 Å². The highest BCUT2D eigenvalue weighted by molar-refractivity contribution is 6.07. The molecule has 0 saturated heterocycles. The number of hydrogen-bond acceptors (Lipinski definition) is 4. The largest absolute Gasteiger partial charge is 0.478 e. The number of carboxylic acids is 2. The average Bonchev–Trinajstić information content (AvgIpc) is 2.45. The van der Waals surface area contributed by atoms with E-state index < -0.39 is 23.8 Å². The summed E-state index contributed by atoms with van der Waals surface area (Å²) < 4.78 is 0. The molecule has 0 aliphatic rings. The van der Waals surface area contributed by atoms with Gasteiger partial charge in [0.2, 0.25) is 11.8 Å². The van der Waals surface area contributed by atoms with Gasteiger partial charge in [-0.1, -0.05) is 12.1 Å². The molecule has 0 aliphatic carbocycles. The number of para-hydroxylation sites is 2. The fourth-order valence-electron chi connectivity index (χ4n) is 1.34. The van der Waals surface area contributed by atoms with E-state index in [1.807, 2.05) is 0 Å². The first-order chi connectivity index (χ1) is 10.4. The number of aliphatic carboxylic acids is 2. The second-order valence-electron chi connectivity index (χ2n) is 3.87. The molecule has 1 rings (SSSR count). The topological polar surface area (TPSA) is 133 Å². The Morgan fingerprint density at radius 2 is 1.09 bits per heavy atom. The molecular formula is C14H12N2O6. The maximum Gasteiger partial charge on any atom is 0.328 e. The van der Waals surface area contributed by atoms with E-state index in [0.29, 0.717) is 12.2 Å². The minimum absolute atomic E-state index is 0.236. The predicted octanol–water partition coefficient (Wildman–Crippen LogP) is 0.845. The smallest absolute Gasteiger partial charge is 0.328 e. The van der Waals surface area contributed by atoms with Gasteiger partial charge in [0, 0.05) is 24.3 Å². The number of anilines is 2. The maximum absolute atomic E-state index is 11.5. The predicted molar refractivity (Wildman–Crippen MR) is 77.3 cm³/mol. The van der Waals surface area contributed by atoms with Gasteiger partial charge >= 0.3 is 11.9 Å². The van der Waals surface area contributed by atoms with E-state index in [2.05, 4.69) is 10.6 Å². The van der Waals surface area contributed by atoms with Crippen LogP contribution in [0.2, 0.25) is 0 Å². The van der Waals surface area contributed by atoms with Gasteiger partial charge in [-0.05, 0) is 12.1 Å². The van der Waals surface area contributed by atoms with Crippen molar-refractivity contribution in [1.82, 2.24) is 0 Å². The Balaban J connectivity index is 2.81. The summed E-state index contributed by atoms with van der Waals surface area (Å²) in [5.74, 6) is -3.92. The van der Waals surface area contributed by atoms with Crippen molar-refractivity contribution in [2.24, 2.45) is 0 Å². The molecule has 8 nitrogen and oxygen atoms in total. The van der Waals surface area contributed by atoms with Crippen molar-refractivity contribution in [3.63, 3.8) is 0 Å². The van der Waals surface area contributed by atoms with Gasteiger partial charge in [-0.2, -0.15) is 0 Å². The Hall–Kier alpha value is -3.42. The first kappa shape index (κ1) is 16.6. The lowest BCUT2D eigenvalue weighted by Gasteiger charge is -2.09. The molecule has 22 heavy (non-hydrogen) atoms. The molecule has 2 amide bonds. The summed E-state index contributed by atoms with van der Waals surface area (Å²) in [4.78, 5) is 43.6. The Morgan fingerprint density at radius 1 is 0.727 bits per heavy atom. The van der Waals surface area contributed by atoms with Gasteiger partial charge in [-0.25, -0.2) is 9.59 Å². The van der Waals surface area contributed by atoms with Crippen LogP contribution >= 0.6 is 0 Å². The van der Waals surface area contributed by atoms with Gasteiger partial charge in [0.05, 0.1) is 11.4 Å². The number of nitrogens with one attached hydrogen (secondary N) is 2. The zero-order valence-corrected chi connectivity index (χ0v) is 11.1. The number of carbonyl (C=O) groups excluding carboxylic acids is 2. The molecule has 0 radical (unpaired) electrons. The summed E-state index contributed by atoms with van der Waals surface area (Å²) in [6, 6.07) is 6.17. The summed E-state index contributed by atoms with van der Waals surface area (Å²) in [5.41, 5.74) is 0.472. The second kappa shape index (κ2) is 8.00. The first-order valence-electron chi connectivity index (χ1n) is 5.91.